The van der Waals surface area contributed by atoms with Gasteiger partial charge < -0.3 is 14.1 Å². The van der Waals surface area contributed by atoms with Crippen molar-refractivity contribution in [2.24, 2.45) is 0 Å². The Morgan fingerprint density at radius 2 is 1.85 bits per heavy atom. The minimum Gasteiger partial charge on any atom is -0.459 e. The molecule has 1 amide bonds. The largest absolute Gasteiger partial charge is 0.459 e. The van der Waals surface area contributed by atoms with Crippen molar-refractivity contribution in [1.82, 2.24) is 14.7 Å². The zero-order chi connectivity index (χ0) is 23.7. The number of benzene rings is 2. The second kappa shape index (κ2) is 9.17. The van der Waals surface area contributed by atoms with E-state index in [1.54, 1.807) is 35.0 Å². The molecule has 2 heterocycles. The normalized spacial score (nSPS) is 13.3. The zero-order valence-corrected chi connectivity index (χ0v) is 19.1. The number of furan rings is 1. The number of para-hydroxylation sites is 2. The summed E-state index contributed by atoms with van der Waals surface area (Å²) in [4.78, 5) is 15.1. The van der Waals surface area contributed by atoms with Gasteiger partial charge in [-0.25, -0.2) is 9.07 Å². The molecule has 2 aromatic heterocycles. The van der Waals surface area contributed by atoms with Gasteiger partial charge in [0.25, 0.3) is 5.91 Å². The van der Waals surface area contributed by atoms with Gasteiger partial charge in [-0.2, -0.15) is 5.10 Å². The van der Waals surface area contributed by atoms with Gasteiger partial charge in [-0.1, -0.05) is 44.2 Å². The van der Waals surface area contributed by atoms with Gasteiger partial charge in [0, 0.05) is 6.04 Å². The van der Waals surface area contributed by atoms with Gasteiger partial charge in [-0.05, 0) is 55.2 Å². The Balaban J connectivity index is 1.63. The predicted molar refractivity (Wildman–Crippen MR) is 126 cm³/mol. The van der Waals surface area contributed by atoms with Crippen molar-refractivity contribution < 1.29 is 18.3 Å². The van der Waals surface area contributed by atoms with Gasteiger partial charge >= 0.3 is 0 Å². The number of amides is 1. The molecule has 7 heteroatoms. The molecule has 2 aromatic carbocycles. The van der Waals surface area contributed by atoms with Crippen LogP contribution in [0.3, 0.4) is 0 Å². The maximum Gasteiger partial charge on any atom is 0.290 e. The van der Waals surface area contributed by atoms with Gasteiger partial charge in [0.15, 0.2) is 17.3 Å². The van der Waals surface area contributed by atoms with E-state index in [4.69, 9.17) is 14.3 Å². The number of aromatic nitrogens is 2. The lowest BCUT2D eigenvalue weighted by molar-refractivity contribution is 0.0696. The van der Waals surface area contributed by atoms with E-state index in [1.807, 2.05) is 49.1 Å². The third-order valence-electron chi connectivity index (χ3n) is 5.87. The molecule has 0 atom stereocenters. The van der Waals surface area contributed by atoms with E-state index >= 15 is 0 Å². The molecule has 0 bridgehead atoms. The lowest BCUT2D eigenvalue weighted by Gasteiger charge is -2.22. The Labute approximate surface area is 197 Å². The molecule has 1 aliphatic carbocycles. The highest BCUT2D eigenvalue weighted by atomic mass is 19.1. The highest BCUT2D eigenvalue weighted by Gasteiger charge is 2.36. The number of nitrogens with zero attached hydrogens (tertiary/aromatic N) is 3. The van der Waals surface area contributed by atoms with Gasteiger partial charge in [0.1, 0.15) is 0 Å². The second-order valence-corrected chi connectivity index (χ2v) is 8.75. The zero-order valence-electron chi connectivity index (χ0n) is 19.1. The van der Waals surface area contributed by atoms with E-state index < -0.39 is 5.82 Å². The average molecular weight is 460 g/mol. The second-order valence-electron chi connectivity index (χ2n) is 8.75. The van der Waals surface area contributed by atoms with E-state index in [2.05, 4.69) is 0 Å². The number of hydrogen-bond donors (Lipinski definition) is 0. The summed E-state index contributed by atoms with van der Waals surface area (Å²) < 4.78 is 27.9. The van der Waals surface area contributed by atoms with E-state index in [9.17, 15) is 9.18 Å². The molecule has 0 radical (unpaired) electrons. The molecule has 4 aromatic rings. The predicted octanol–water partition coefficient (Wildman–Crippen LogP) is 6.32. The molecule has 174 valence electrons. The van der Waals surface area contributed by atoms with Crippen LogP contribution in [0, 0.1) is 5.82 Å². The summed E-state index contributed by atoms with van der Waals surface area (Å²) in [7, 11) is 0. The van der Waals surface area contributed by atoms with E-state index in [0.717, 1.165) is 29.8 Å². The molecule has 0 aliphatic heterocycles. The van der Waals surface area contributed by atoms with E-state index in [-0.39, 0.29) is 30.2 Å². The minimum atomic E-state index is -0.467. The van der Waals surface area contributed by atoms with Crippen LogP contribution in [0.15, 0.2) is 77.4 Å². The fraction of sp³-hybridized carbons (Fsp3) is 0.259. The first-order valence-corrected chi connectivity index (χ1v) is 11.5. The van der Waals surface area contributed by atoms with Crippen LogP contribution in [0.2, 0.25) is 0 Å². The van der Waals surface area contributed by atoms with Crippen molar-refractivity contribution in [3.63, 3.8) is 0 Å². The third-order valence-corrected chi connectivity index (χ3v) is 5.87. The van der Waals surface area contributed by atoms with Crippen LogP contribution in [0.5, 0.6) is 11.6 Å². The molecule has 1 aliphatic rings. The summed E-state index contributed by atoms with van der Waals surface area (Å²) >= 11 is 0. The lowest BCUT2D eigenvalue weighted by Crippen LogP contribution is -2.32. The molecular formula is C27H26FN3O3. The highest BCUT2D eigenvalue weighted by molar-refractivity contribution is 5.92. The van der Waals surface area contributed by atoms with E-state index in [1.165, 1.54) is 12.3 Å². The van der Waals surface area contributed by atoms with Crippen molar-refractivity contribution in [3.05, 3.63) is 95.8 Å². The van der Waals surface area contributed by atoms with Gasteiger partial charge in [-0.3, -0.25) is 4.79 Å². The van der Waals surface area contributed by atoms with Crippen molar-refractivity contribution in [2.45, 2.75) is 45.2 Å². The van der Waals surface area contributed by atoms with Gasteiger partial charge in [0.05, 0.1) is 29.8 Å². The standard InChI is InChI=1S/C27H26FN3O3/c1-18(2)25-21(17-30(19-14-15-19)26(32)24-13-8-16-33-24)27(34-23-12-7-6-11-22(23)28)31(29-25)20-9-4-3-5-10-20/h3-13,16,18-19H,14-15,17H2,1-2H3. The maximum absolute atomic E-state index is 14.6. The maximum atomic E-state index is 14.6. The minimum absolute atomic E-state index is 0.0581. The van der Waals surface area contributed by atoms with Gasteiger partial charge in [-0.15, -0.1) is 0 Å². The number of ether oxygens (including phenoxy) is 1. The van der Waals surface area contributed by atoms with E-state index in [0.29, 0.717) is 11.6 Å². The molecule has 0 spiro atoms. The molecular weight excluding hydrogens is 433 g/mol. The van der Waals surface area contributed by atoms with Crippen molar-refractivity contribution in [3.8, 4) is 17.3 Å². The Bertz CT molecular complexity index is 1280. The number of halogens is 1. The first kappa shape index (κ1) is 21.9. The molecule has 1 saturated carbocycles. The van der Waals surface area contributed by atoms with Crippen molar-refractivity contribution in [1.29, 1.82) is 0 Å². The smallest absolute Gasteiger partial charge is 0.290 e. The van der Waals surface area contributed by atoms with Crippen molar-refractivity contribution in [2.75, 3.05) is 0 Å². The summed E-state index contributed by atoms with van der Waals surface area (Å²) in [6.45, 7) is 4.38. The fourth-order valence-electron chi connectivity index (χ4n) is 4.01. The van der Waals surface area contributed by atoms with Gasteiger partial charge in [0.2, 0.25) is 5.88 Å². The molecule has 5 rings (SSSR count). The summed E-state index contributed by atoms with van der Waals surface area (Å²) in [5.74, 6) is 0.217. The first-order valence-electron chi connectivity index (χ1n) is 11.5. The molecule has 0 saturated heterocycles. The molecule has 1 fully saturated rings. The molecule has 0 N–H and O–H groups in total. The summed E-state index contributed by atoms with van der Waals surface area (Å²) in [6.07, 6.45) is 3.36. The molecule has 0 unspecified atom stereocenters. The summed E-state index contributed by atoms with van der Waals surface area (Å²) in [6, 6.07) is 19.4. The molecule has 34 heavy (non-hydrogen) atoms. The Morgan fingerprint density at radius 3 is 2.50 bits per heavy atom. The summed E-state index contributed by atoms with van der Waals surface area (Å²) in [5.41, 5.74) is 2.35. The van der Waals surface area contributed by atoms with Crippen LogP contribution in [0.1, 0.15) is 54.4 Å². The van der Waals surface area contributed by atoms with Crippen LogP contribution in [-0.2, 0) is 6.54 Å². The highest BCUT2D eigenvalue weighted by Crippen LogP contribution is 2.38. The monoisotopic (exact) mass is 459 g/mol. The van der Waals surface area contributed by atoms with Crippen LogP contribution >= 0.6 is 0 Å². The lowest BCUT2D eigenvalue weighted by atomic mass is 10.1. The quantitative estimate of drug-likeness (QED) is 0.309. The molecule has 6 nitrogen and oxygen atoms in total. The SMILES string of the molecule is CC(C)c1nn(-c2ccccc2)c(Oc2ccccc2F)c1CN(C(=O)c1ccco1)C1CC1. The fourth-order valence-corrected chi connectivity index (χ4v) is 4.01. The Morgan fingerprint density at radius 1 is 1.12 bits per heavy atom. The van der Waals surface area contributed by atoms with Crippen LogP contribution in [0.25, 0.3) is 5.69 Å². The number of rotatable bonds is 8. The average Bonchev–Trinajstić information content (AvgIpc) is 3.40. The Kier molecular flexibility index (Phi) is 5.92. The van der Waals surface area contributed by atoms with Crippen molar-refractivity contribution >= 4 is 5.91 Å². The first-order chi connectivity index (χ1) is 16.5. The number of carbonyl (C=O) groups is 1. The third kappa shape index (κ3) is 4.33. The number of hydrogen-bond acceptors (Lipinski definition) is 4. The summed E-state index contributed by atoms with van der Waals surface area (Å²) in [5, 5.41) is 4.87. The van der Waals surface area contributed by atoms with Crippen LogP contribution < -0.4 is 4.74 Å². The Hall–Kier alpha value is -3.87. The topological polar surface area (TPSA) is 60.5 Å². The van der Waals surface area contributed by atoms with Crippen LogP contribution in [0.4, 0.5) is 4.39 Å². The number of carbonyl (C=O) groups excluding carboxylic acids is 1. The van der Waals surface area contributed by atoms with Crippen LogP contribution in [-0.4, -0.2) is 26.6 Å².